The lowest BCUT2D eigenvalue weighted by atomic mass is 9.79. The topological polar surface area (TPSA) is 68.0 Å². The van der Waals surface area contributed by atoms with E-state index < -0.39 is 5.95 Å². The monoisotopic (exact) mass is 337 g/mol. The van der Waals surface area contributed by atoms with Gasteiger partial charge in [0, 0.05) is 29.9 Å². The predicted molar refractivity (Wildman–Crippen MR) is 86.4 cm³/mol. The molecule has 1 aromatic rings. The second-order valence-corrected chi connectivity index (χ2v) is 5.33. The average molecular weight is 338 g/mol. The Balaban J connectivity index is 0.00000200. The molecule has 0 radical (unpaired) electrons. The normalized spacial score (nSPS) is 22.4. The Morgan fingerprint density at radius 1 is 1.38 bits per heavy atom. The van der Waals surface area contributed by atoms with Crippen LogP contribution >= 0.6 is 24.8 Å². The van der Waals surface area contributed by atoms with E-state index in [9.17, 15) is 9.18 Å². The average Bonchev–Trinajstić information content (AvgIpc) is 2.39. The third kappa shape index (κ3) is 5.77. The first-order valence-electron chi connectivity index (χ1n) is 6.74. The number of hydrogen-bond acceptors (Lipinski definition) is 3. The highest BCUT2D eigenvalue weighted by atomic mass is 35.5. The summed E-state index contributed by atoms with van der Waals surface area (Å²) in [7, 11) is 0. The number of amides is 1. The second-order valence-electron chi connectivity index (χ2n) is 5.33. The van der Waals surface area contributed by atoms with Crippen molar-refractivity contribution in [1.29, 1.82) is 0 Å². The van der Waals surface area contributed by atoms with E-state index in [1.165, 1.54) is 12.3 Å². The first-order chi connectivity index (χ1) is 9.06. The van der Waals surface area contributed by atoms with Gasteiger partial charge >= 0.3 is 0 Å². The smallest absolute Gasteiger partial charge is 0.227 e. The van der Waals surface area contributed by atoms with Crippen molar-refractivity contribution in [2.45, 2.75) is 38.6 Å². The summed E-state index contributed by atoms with van der Waals surface area (Å²) in [6.07, 6.45) is 5.02. The van der Waals surface area contributed by atoms with E-state index in [0.717, 1.165) is 25.7 Å². The molecule has 120 valence electrons. The molecule has 1 fully saturated rings. The van der Waals surface area contributed by atoms with Crippen molar-refractivity contribution in [3.05, 3.63) is 24.3 Å². The molecule has 21 heavy (non-hydrogen) atoms. The Kier molecular flexibility index (Phi) is 8.78. The Bertz CT molecular complexity index is 452. The molecule has 0 aliphatic heterocycles. The molecule has 0 saturated heterocycles. The molecule has 2 rings (SSSR count). The number of aromatic nitrogens is 1. The fourth-order valence-corrected chi connectivity index (χ4v) is 2.63. The van der Waals surface area contributed by atoms with Gasteiger partial charge in [-0.1, -0.05) is 0 Å². The Morgan fingerprint density at radius 2 is 2.00 bits per heavy atom. The maximum Gasteiger partial charge on any atom is 0.227 e. The molecule has 1 amide bonds. The summed E-state index contributed by atoms with van der Waals surface area (Å²) in [5, 5.41) is 2.75. The Labute approximate surface area is 136 Å². The Hall–Kier alpha value is -0.910. The van der Waals surface area contributed by atoms with Crippen molar-refractivity contribution >= 4 is 36.4 Å². The highest BCUT2D eigenvalue weighted by molar-refractivity contribution is 5.92. The second kappa shape index (κ2) is 9.18. The minimum Gasteiger partial charge on any atom is -0.328 e. The van der Waals surface area contributed by atoms with E-state index in [2.05, 4.69) is 10.3 Å². The molecule has 1 aromatic heterocycles. The summed E-state index contributed by atoms with van der Waals surface area (Å²) in [6, 6.07) is 3.01. The van der Waals surface area contributed by atoms with Gasteiger partial charge in [-0.2, -0.15) is 4.39 Å². The highest BCUT2D eigenvalue weighted by Crippen LogP contribution is 2.31. The zero-order chi connectivity index (χ0) is 13.8. The third-order valence-corrected chi connectivity index (χ3v) is 3.88. The summed E-state index contributed by atoms with van der Waals surface area (Å²) in [4.78, 5) is 15.5. The zero-order valence-corrected chi connectivity index (χ0v) is 13.6. The molecule has 4 nitrogen and oxygen atoms in total. The quantitative estimate of drug-likeness (QED) is 0.832. The van der Waals surface area contributed by atoms with Gasteiger partial charge in [0.1, 0.15) is 0 Å². The summed E-state index contributed by atoms with van der Waals surface area (Å²) in [5.41, 5.74) is 6.34. The lowest BCUT2D eigenvalue weighted by molar-refractivity contribution is -0.121. The van der Waals surface area contributed by atoms with E-state index >= 15 is 0 Å². The van der Waals surface area contributed by atoms with Gasteiger partial charge in [-0.05, 0) is 44.6 Å². The van der Waals surface area contributed by atoms with Gasteiger partial charge in [-0.15, -0.1) is 24.8 Å². The molecule has 0 bridgehead atoms. The number of halogens is 3. The van der Waals surface area contributed by atoms with E-state index in [-0.39, 0.29) is 42.7 Å². The van der Waals surface area contributed by atoms with Crippen molar-refractivity contribution in [3.63, 3.8) is 0 Å². The number of pyridine rings is 1. The van der Waals surface area contributed by atoms with Crippen LogP contribution in [0.2, 0.25) is 0 Å². The van der Waals surface area contributed by atoms with Gasteiger partial charge in [0.25, 0.3) is 0 Å². The summed E-state index contributed by atoms with van der Waals surface area (Å²) in [6.45, 7) is 2.02. The van der Waals surface area contributed by atoms with Crippen LogP contribution in [0.4, 0.5) is 10.1 Å². The van der Waals surface area contributed by atoms with Crippen molar-refractivity contribution in [3.8, 4) is 0 Å². The van der Waals surface area contributed by atoms with Crippen LogP contribution in [0.3, 0.4) is 0 Å². The fraction of sp³-hybridized carbons (Fsp3) is 0.571. The number of carbonyl (C=O) groups excluding carboxylic acids is 1. The fourth-order valence-electron chi connectivity index (χ4n) is 2.63. The number of rotatable bonds is 3. The van der Waals surface area contributed by atoms with Crippen molar-refractivity contribution in [2.75, 3.05) is 5.32 Å². The Morgan fingerprint density at radius 3 is 2.52 bits per heavy atom. The van der Waals surface area contributed by atoms with Gasteiger partial charge in [-0.3, -0.25) is 4.79 Å². The number of nitrogens with one attached hydrogen (secondary N) is 1. The minimum atomic E-state index is -0.585. The van der Waals surface area contributed by atoms with Crippen LogP contribution in [0.1, 0.15) is 32.6 Å². The maximum atomic E-state index is 12.9. The van der Waals surface area contributed by atoms with Gasteiger partial charge in [0.15, 0.2) is 0 Å². The van der Waals surface area contributed by atoms with E-state index in [1.807, 2.05) is 6.92 Å². The number of hydrogen-bond donors (Lipinski definition) is 2. The van der Waals surface area contributed by atoms with Crippen LogP contribution < -0.4 is 11.1 Å². The molecule has 1 saturated carbocycles. The molecule has 0 aromatic carbocycles. The van der Waals surface area contributed by atoms with Crippen LogP contribution in [-0.2, 0) is 4.79 Å². The number of anilines is 1. The molecule has 0 unspecified atom stereocenters. The molecular formula is C14H22Cl2FN3O. The minimum absolute atomic E-state index is 0. The van der Waals surface area contributed by atoms with Crippen LogP contribution in [-0.4, -0.2) is 16.9 Å². The van der Waals surface area contributed by atoms with E-state index in [0.29, 0.717) is 11.6 Å². The van der Waals surface area contributed by atoms with E-state index in [1.54, 1.807) is 6.07 Å². The van der Waals surface area contributed by atoms with Crippen molar-refractivity contribution < 1.29 is 9.18 Å². The summed E-state index contributed by atoms with van der Waals surface area (Å²) < 4.78 is 12.9. The number of nitrogens with zero attached hydrogens (tertiary/aromatic N) is 1. The predicted octanol–water partition coefficient (Wildman–Crippen LogP) is 3.16. The lowest BCUT2D eigenvalue weighted by Crippen LogP contribution is -2.33. The lowest BCUT2D eigenvalue weighted by Gasteiger charge is -2.29. The first kappa shape index (κ1) is 20.1. The highest BCUT2D eigenvalue weighted by Gasteiger charge is 2.27. The molecule has 1 aliphatic rings. The first-order valence-corrected chi connectivity index (χ1v) is 6.74. The standard InChI is InChI=1S/C14H20FN3O.2ClH/c1-9(16)10-2-4-11(5-3-10)14(19)18-12-6-7-17-13(15)8-12;;/h6-11H,2-5,16H2,1H3,(H,17,18,19);2*1H/t9-,10?,11?;;/m1../s1. The van der Waals surface area contributed by atoms with Crippen molar-refractivity contribution in [1.82, 2.24) is 4.98 Å². The van der Waals surface area contributed by atoms with Crippen LogP contribution in [0.15, 0.2) is 18.3 Å². The van der Waals surface area contributed by atoms with E-state index in [4.69, 9.17) is 5.73 Å². The third-order valence-electron chi connectivity index (χ3n) is 3.88. The molecule has 1 heterocycles. The molecule has 3 N–H and O–H groups in total. The maximum absolute atomic E-state index is 12.9. The molecule has 0 spiro atoms. The van der Waals surface area contributed by atoms with Gasteiger partial charge in [0.2, 0.25) is 11.9 Å². The summed E-state index contributed by atoms with van der Waals surface area (Å²) in [5.74, 6) is -0.0964. The van der Waals surface area contributed by atoms with Crippen LogP contribution in [0, 0.1) is 17.8 Å². The van der Waals surface area contributed by atoms with Gasteiger partial charge in [-0.25, -0.2) is 4.98 Å². The number of nitrogens with two attached hydrogens (primary N) is 1. The largest absolute Gasteiger partial charge is 0.328 e. The molecular weight excluding hydrogens is 316 g/mol. The molecule has 7 heteroatoms. The zero-order valence-electron chi connectivity index (χ0n) is 11.9. The summed E-state index contributed by atoms with van der Waals surface area (Å²) >= 11 is 0. The van der Waals surface area contributed by atoms with Crippen LogP contribution in [0.5, 0.6) is 0 Å². The van der Waals surface area contributed by atoms with Crippen molar-refractivity contribution in [2.24, 2.45) is 17.6 Å². The van der Waals surface area contributed by atoms with Gasteiger partial charge in [0.05, 0.1) is 0 Å². The SMILES string of the molecule is C[C@@H](N)C1CCC(C(=O)Nc2ccnc(F)c2)CC1.Cl.Cl. The molecule has 1 atom stereocenters. The molecule has 1 aliphatic carbocycles. The van der Waals surface area contributed by atoms with Gasteiger partial charge < -0.3 is 11.1 Å². The van der Waals surface area contributed by atoms with Crippen LogP contribution in [0.25, 0.3) is 0 Å². The number of carbonyl (C=O) groups is 1.